The molecule has 0 aliphatic carbocycles. The van der Waals surface area contributed by atoms with E-state index in [0.29, 0.717) is 11.5 Å². The molecule has 1 N–H and O–H groups in total. The van der Waals surface area contributed by atoms with Gasteiger partial charge in [-0.3, -0.25) is 9.69 Å². The lowest BCUT2D eigenvalue weighted by molar-refractivity contribution is -0.132. The lowest BCUT2D eigenvalue weighted by atomic mass is 10.0. The van der Waals surface area contributed by atoms with Crippen LogP contribution in [-0.4, -0.2) is 44.2 Å². The van der Waals surface area contributed by atoms with Crippen molar-refractivity contribution >= 4 is 5.97 Å². The second kappa shape index (κ2) is 7.96. The highest BCUT2D eigenvalue weighted by Gasteiger charge is 2.22. The van der Waals surface area contributed by atoms with Crippen LogP contribution < -0.4 is 14.8 Å². The van der Waals surface area contributed by atoms with Crippen LogP contribution in [0, 0.1) is 0 Å². The SMILES string of the molecule is C=CC[C@H](c1ccc(OC(C)=O)c(OC)c1)N1CCNCC1. The van der Waals surface area contributed by atoms with Gasteiger partial charge in [0.1, 0.15) is 0 Å². The molecule has 1 aliphatic heterocycles. The first-order valence-corrected chi connectivity index (χ1v) is 7.57. The molecule has 120 valence electrons. The number of hydrogen-bond acceptors (Lipinski definition) is 5. The maximum atomic E-state index is 11.1. The standard InChI is InChI=1S/C17H24N2O3/c1-4-5-15(19-10-8-18-9-11-19)14-6-7-16(22-13(2)20)17(12-14)21-3/h4,6-7,12,15,18H,1,5,8-11H2,2-3H3/t15-/m1/s1. The fourth-order valence-electron chi connectivity index (χ4n) is 2.78. The van der Waals surface area contributed by atoms with Gasteiger partial charge >= 0.3 is 5.97 Å². The summed E-state index contributed by atoms with van der Waals surface area (Å²) >= 11 is 0. The zero-order valence-electron chi connectivity index (χ0n) is 13.3. The second-order valence-corrected chi connectivity index (χ2v) is 5.33. The zero-order valence-corrected chi connectivity index (χ0v) is 13.3. The molecule has 2 rings (SSSR count). The van der Waals surface area contributed by atoms with Crippen LogP contribution >= 0.6 is 0 Å². The molecule has 0 unspecified atom stereocenters. The number of ether oxygens (including phenoxy) is 2. The van der Waals surface area contributed by atoms with Crippen molar-refractivity contribution in [3.8, 4) is 11.5 Å². The molecule has 0 saturated carbocycles. The molecule has 0 radical (unpaired) electrons. The molecule has 1 atom stereocenters. The predicted molar refractivity (Wildman–Crippen MR) is 86.3 cm³/mol. The highest BCUT2D eigenvalue weighted by atomic mass is 16.6. The number of methoxy groups -OCH3 is 1. The highest BCUT2D eigenvalue weighted by molar-refractivity contribution is 5.70. The summed E-state index contributed by atoms with van der Waals surface area (Å²) in [6, 6.07) is 6.01. The first kappa shape index (κ1) is 16.5. The molecule has 0 spiro atoms. The summed E-state index contributed by atoms with van der Waals surface area (Å²) in [6.45, 7) is 9.27. The van der Waals surface area contributed by atoms with Gasteiger partial charge in [-0.05, 0) is 24.1 Å². The average Bonchev–Trinajstić information content (AvgIpc) is 2.53. The van der Waals surface area contributed by atoms with E-state index in [4.69, 9.17) is 9.47 Å². The molecule has 0 aromatic heterocycles. The van der Waals surface area contributed by atoms with Crippen molar-refractivity contribution in [1.82, 2.24) is 10.2 Å². The number of hydrogen-bond donors (Lipinski definition) is 1. The van der Waals surface area contributed by atoms with E-state index in [1.165, 1.54) is 6.92 Å². The van der Waals surface area contributed by atoms with Gasteiger partial charge in [-0.2, -0.15) is 0 Å². The van der Waals surface area contributed by atoms with Crippen LogP contribution in [0.15, 0.2) is 30.9 Å². The topological polar surface area (TPSA) is 50.8 Å². The third kappa shape index (κ3) is 4.08. The summed E-state index contributed by atoms with van der Waals surface area (Å²) < 4.78 is 10.5. The molecule has 0 bridgehead atoms. The molecule has 1 aromatic carbocycles. The van der Waals surface area contributed by atoms with Crippen molar-refractivity contribution in [1.29, 1.82) is 0 Å². The smallest absolute Gasteiger partial charge is 0.308 e. The van der Waals surface area contributed by atoms with E-state index in [1.807, 2.05) is 18.2 Å². The van der Waals surface area contributed by atoms with E-state index >= 15 is 0 Å². The zero-order chi connectivity index (χ0) is 15.9. The minimum Gasteiger partial charge on any atom is -0.493 e. The number of esters is 1. The van der Waals surface area contributed by atoms with E-state index in [1.54, 1.807) is 13.2 Å². The first-order valence-electron chi connectivity index (χ1n) is 7.57. The quantitative estimate of drug-likeness (QED) is 0.496. The second-order valence-electron chi connectivity index (χ2n) is 5.33. The normalized spacial score (nSPS) is 16.8. The van der Waals surface area contributed by atoms with Crippen LogP contribution in [0.4, 0.5) is 0 Å². The molecule has 5 heteroatoms. The van der Waals surface area contributed by atoms with Crippen LogP contribution in [0.2, 0.25) is 0 Å². The fourth-order valence-corrected chi connectivity index (χ4v) is 2.78. The molecule has 1 aliphatic rings. The average molecular weight is 304 g/mol. The summed E-state index contributed by atoms with van der Waals surface area (Å²) in [5.41, 5.74) is 1.15. The Kier molecular flexibility index (Phi) is 5.98. The lowest BCUT2D eigenvalue weighted by Gasteiger charge is -2.35. The van der Waals surface area contributed by atoms with Gasteiger partial charge in [0.25, 0.3) is 0 Å². The van der Waals surface area contributed by atoms with Gasteiger partial charge in [-0.15, -0.1) is 6.58 Å². The van der Waals surface area contributed by atoms with Crippen molar-refractivity contribution in [2.75, 3.05) is 33.3 Å². The van der Waals surface area contributed by atoms with Gasteiger partial charge in [0, 0.05) is 39.1 Å². The summed E-state index contributed by atoms with van der Waals surface area (Å²) in [4.78, 5) is 13.6. The van der Waals surface area contributed by atoms with E-state index in [2.05, 4.69) is 16.8 Å². The maximum Gasteiger partial charge on any atom is 0.308 e. The monoisotopic (exact) mass is 304 g/mol. The van der Waals surface area contributed by atoms with Crippen LogP contribution in [0.25, 0.3) is 0 Å². The fraction of sp³-hybridized carbons (Fsp3) is 0.471. The molecule has 1 aromatic rings. The molecule has 1 fully saturated rings. The number of rotatable bonds is 6. The number of nitrogens with zero attached hydrogens (tertiary/aromatic N) is 1. The first-order chi connectivity index (χ1) is 10.7. The van der Waals surface area contributed by atoms with Gasteiger partial charge < -0.3 is 14.8 Å². The Balaban J connectivity index is 2.26. The minimum atomic E-state index is -0.351. The predicted octanol–water partition coefficient (Wildman–Crippen LogP) is 2.14. The van der Waals surface area contributed by atoms with E-state index in [0.717, 1.165) is 38.2 Å². The van der Waals surface area contributed by atoms with Crippen molar-refractivity contribution in [3.63, 3.8) is 0 Å². The van der Waals surface area contributed by atoms with E-state index in [-0.39, 0.29) is 12.0 Å². The van der Waals surface area contributed by atoms with Crippen molar-refractivity contribution in [3.05, 3.63) is 36.4 Å². The number of carbonyl (C=O) groups is 1. The Morgan fingerprint density at radius 2 is 2.14 bits per heavy atom. The molecule has 1 heterocycles. The molecular weight excluding hydrogens is 280 g/mol. The van der Waals surface area contributed by atoms with Gasteiger partial charge in [0.05, 0.1) is 7.11 Å². The molecule has 5 nitrogen and oxygen atoms in total. The summed E-state index contributed by atoms with van der Waals surface area (Å²) in [5, 5.41) is 3.37. The minimum absolute atomic E-state index is 0.264. The van der Waals surface area contributed by atoms with E-state index in [9.17, 15) is 4.79 Å². The van der Waals surface area contributed by atoms with Crippen LogP contribution in [-0.2, 0) is 4.79 Å². The van der Waals surface area contributed by atoms with E-state index < -0.39 is 0 Å². The van der Waals surface area contributed by atoms with Crippen LogP contribution in [0.5, 0.6) is 11.5 Å². The lowest BCUT2D eigenvalue weighted by Crippen LogP contribution is -2.45. The van der Waals surface area contributed by atoms with Crippen LogP contribution in [0.3, 0.4) is 0 Å². The van der Waals surface area contributed by atoms with Crippen molar-refractivity contribution in [2.24, 2.45) is 0 Å². The number of nitrogens with one attached hydrogen (secondary N) is 1. The van der Waals surface area contributed by atoms with Crippen LogP contribution in [0.1, 0.15) is 24.9 Å². The summed E-state index contributed by atoms with van der Waals surface area (Å²) in [5.74, 6) is 0.684. The summed E-state index contributed by atoms with van der Waals surface area (Å²) in [6.07, 6.45) is 2.81. The highest BCUT2D eigenvalue weighted by Crippen LogP contribution is 2.33. The Hall–Kier alpha value is -1.85. The summed E-state index contributed by atoms with van der Waals surface area (Å²) in [7, 11) is 1.58. The Morgan fingerprint density at radius 1 is 1.41 bits per heavy atom. The van der Waals surface area contributed by atoms with Crippen molar-refractivity contribution < 1.29 is 14.3 Å². The Morgan fingerprint density at radius 3 is 2.73 bits per heavy atom. The number of piperazine rings is 1. The number of benzene rings is 1. The molecule has 0 amide bonds. The molecule has 22 heavy (non-hydrogen) atoms. The molecular formula is C17H24N2O3. The Bertz CT molecular complexity index is 525. The number of carbonyl (C=O) groups excluding carboxylic acids is 1. The maximum absolute atomic E-state index is 11.1. The van der Waals surface area contributed by atoms with Crippen molar-refractivity contribution in [2.45, 2.75) is 19.4 Å². The largest absolute Gasteiger partial charge is 0.493 e. The van der Waals surface area contributed by atoms with Gasteiger partial charge in [-0.25, -0.2) is 0 Å². The Labute approximate surface area is 131 Å². The third-order valence-electron chi connectivity index (χ3n) is 3.81. The third-order valence-corrected chi connectivity index (χ3v) is 3.81. The van der Waals surface area contributed by atoms with Gasteiger partial charge in [-0.1, -0.05) is 12.1 Å². The van der Waals surface area contributed by atoms with Gasteiger partial charge in [0.2, 0.25) is 0 Å². The van der Waals surface area contributed by atoms with Gasteiger partial charge in [0.15, 0.2) is 11.5 Å². The molecule has 1 saturated heterocycles.